The van der Waals surface area contributed by atoms with Crippen LogP contribution in [-0.2, 0) is 11.3 Å². The van der Waals surface area contributed by atoms with Gasteiger partial charge in [-0.3, -0.25) is 4.79 Å². The van der Waals surface area contributed by atoms with E-state index in [0.717, 1.165) is 18.4 Å². The van der Waals surface area contributed by atoms with Crippen molar-refractivity contribution in [2.45, 2.75) is 129 Å². The fraction of sp³-hybridized carbons (Fsp3) is 0.719. The molecule has 0 bridgehead atoms. The van der Waals surface area contributed by atoms with Crippen molar-refractivity contribution in [1.82, 2.24) is 5.32 Å². The molecule has 0 fully saturated rings. The normalized spacial score (nSPS) is 11.2. The third-order valence-corrected chi connectivity index (χ3v) is 6.76. The van der Waals surface area contributed by atoms with E-state index in [0.29, 0.717) is 37.6 Å². The summed E-state index contributed by atoms with van der Waals surface area (Å²) >= 11 is 0. The summed E-state index contributed by atoms with van der Waals surface area (Å²) in [6.07, 6.45) is 27.6. The van der Waals surface area contributed by atoms with Gasteiger partial charge in [-0.15, -0.1) is 0 Å². The average Bonchev–Trinajstić information content (AvgIpc) is 2.92. The minimum absolute atomic E-state index is 0.114. The quantitative estimate of drug-likeness (QED) is 0.101. The second kappa shape index (κ2) is 24.3. The van der Waals surface area contributed by atoms with E-state index < -0.39 is 0 Å². The molecule has 1 rings (SSSR count). The summed E-state index contributed by atoms with van der Waals surface area (Å²) in [5.74, 6) is 1.45. The van der Waals surface area contributed by atoms with Gasteiger partial charge in [-0.1, -0.05) is 102 Å². The predicted octanol–water partition coefficient (Wildman–Crippen LogP) is 8.25. The lowest BCUT2D eigenvalue weighted by molar-refractivity contribution is -0.121. The number of benzene rings is 1. The van der Waals surface area contributed by atoms with Gasteiger partial charge in [-0.25, -0.2) is 0 Å². The molecule has 0 saturated carbocycles. The molecule has 0 aliphatic carbocycles. The van der Waals surface area contributed by atoms with Gasteiger partial charge in [-0.2, -0.15) is 0 Å². The van der Waals surface area contributed by atoms with E-state index in [4.69, 9.17) is 15.2 Å². The van der Waals surface area contributed by atoms with Crippen LogP contribution in [-0.4, -0.2) is 26.2 Å². The van der Waals surface area contributed by atoms with Crippen molar-refractivity contribution in [3.63, 3.8) is 0 Å². The highest BCUT2D eigenvalue weighted by Crippen LogP contribution is 2.28. The Morgan fingerprint density at radius 1 is 0.811 bits per heavy atom. The molecule has 0 aliphatic heterocycles. The molecule has 0 atom stereocenters. The van der Waals surface area contributed by atoms with Gasteiger partial charge < -0.3 is 20.5 Å². The number of hydrogen-bond donors (Lipinski definition) is 2. The van der Waals surface area contributed by atoms with Crippen molar-refractivity contribution in [3.8, 4) is 11.5 Å². The van der Waals surface area contributed by atoms with Gasteiger partial charge in [-0.05, 0) is 49.8 Å². The minimum Gasteiger partial charge on any atom is -0.493 e. The van der Waals surface area contributed by atoms with Gasteiger partial charge in [0.15, 0.2) is 11.5 Å². The molecule has 0 aliphatic rings. The van der Waals surface area contributed by atoms with E-state index in [1.165, 1.54) is 96.3 Å². The van der Waals surface area contributed by atoms with E-state index in [-0.39, 0.29) is 5.91 Å². The second-order valence-corrected chi connectivity index (χ2v) is 10.1. The molecule has 1 aromatic carbocycles. The zero-order valence-corrected chi connectivity index (χ0v) is 24.0. The maximum Gasteiger partial charge on any atom is 0.220 e. The first-order valence-corrected chi connectivity index (χ1v) is 15.1. The SMILES string of the molecule is CCCCCCCCC=CCCCCCCCCCCCC(=O)NCc1ccc(OCCN)c(OC)c1. The summed E-state index contributed by atoms with van der Waals surface area (Å²) in [4.78, 5) is 12.2. The van der Waals surface area contributed by atoms with Crippen molar-refractivity contribution in [3.05, 3.63) is 35.9 Å². The zero-order chi connectivity index (χ0) is 26.8. The lowest BCUT2D eigenvalue weighted by atomic mass is 10.1. The molecule has 0 saturated heterocycles. The first kappa shape index (κ1) is 33.0. The maximum absolute atomic E-state index is 12.2. The monoisotopic (exact) mass is 516 g/mol. The third kappa shape index (κ3) is 18.8. The van der Waals surface area contributed by atoms with Crippen LogP contribution in [0.25, 0.3) is 0 Å². The number of amides is 1. The number of nitrogens with one attached hydrogen (secondary N) is 1. The van der Waals surface area contributed by atoms with E-state index >= 15 is 0 Å². The second-order valence-electron chi connectivity index (χ2n) is 10.1. The summed E-state index contributed by atoms with van der Waals surface area (Å²) in [6.45, 7) is 3.68. The van der Waals surface area contributed by atoms with Crippen molar-refractivity contribution in [1.29, 1.82) is 0 Å². The first-order chi connectivity index (χ1) is 18.2. The molecule has 1 amide bonds. The molecule has 0 spiro atoms. The van der Waals surface area contributed by atoms with Crippen molar-refractivity contribution < 1.29 is 14.3 Å². The fourth-order valence-electron chi connectivity index (χ4n) is 4.46. The number of carbonyl (C=O) groups is 1. The smallest absolute Gasteiger partial charge is 0.220 e. The Kier molecular flexibility index (Phi) is 21.7. The fourth-order valence-corrected chi connectivity index (χ4v) is 4.46. The minimum atomic E-state index is 0.114. The Bertz CT molecular complexity index is 705. The molecule has 0 unspecified atom stereocenters. The van der Waals surface area contributed by atoms with E-state index in [2.05, 4.69) is 24.4 Å². The lowest BCUT2D eigenvalue weighted by Crippen LogP contribution is -2.22. The lowest BCUT2D eigenvalue weighted by Gasteiger charge is -2.12. The van der Waals surface area contributed by atoms with E-state index in [1.807, 2.05) is 18.2 Å². The molecule has 0 radical (unpaired) electrons. The zero-order valence-electron chi connectivity index (χ0n) is 24.0. The van der Waals surface area contributed by atoms with E-state index in [1.54, 1.807) is 7.11 Å². The van der Waals surface area contributed by atoms with Crippen molar-refractivity contribution >= 4 is 5.91 Å². The van der Waals surface area contributed by atoms with Crippen molar-refractivity contribution in [2.75, 3.05) is 20.3 Å². The Morgan fingerprint density at radius 3 is 1.95 bits per heavy atom. The highest BCUT2D eigenvalue weighted by Gasteiger charge is 2.07. The number of ether oxygens (including phenoxy) is 2. The summed E-state index contributed by atoms with van der Waals surface area (Å²) in [5.41, 5.74) is 6.48. The van der Waals surface area contributed by atoms with Crippen molar-refractivity contribution in [2.24, 2.45) is 5.73 Å². The van der Waals surface area contributed by atoms with Gasteiger partial charge >= 0.3 is 0 Å². The molecule has 3 N–H and O–H groups in total. The Morgan fingerprint density at radius 2 is 1.38 bits per heavy atom. The number of rotatable bonds is 25. The van der Waals surface area contributed by atoms with Crippen LogP contribution in [0, 0.1) is 0 Å². The standard InChI is InChI=1S/C32H56N2O3/c1-3-4-5-6-7-8-9-10-11-12-13-14-15-16-17-18-19-20-21-22-32(35)34-28-29-23-24-30(37-26-25-33)31(27-29)36-2/h10-11,23-24,27H,3-9,12-22,25-26,28,33H2,1-2H3,(H,34,35). The highest BCUT2D eigenvalue weighted by molar-refractivity contribution is 5.75. The number of nitrogens with two attached hydrogens (primary N) is 1. The first-order valence-electron chi connectivity index (χ1n) is 15.1. The molecule has 0 aromatic heterocycles. The summed E-state index contributed by atoms with van der Waals surface area (Å²) in [6, 6.07) is 5.72. The molecule has 5 nitrogen and oxygen atoms in total. The Labute approximate surface area is 228 Å². The van der Waals surface area contributed by atoms with Crippen LogP contribution in [0.4, 0.5) is 0 Å². The third-order valence-electron chi connectivity index (χ3n) is 6.76. The van der Waals surface area contributed by atoms with Gasteiger partial charge in [0.1, 0.15) is 6.61 Å². The van der Waals surface area contributed by atoms with E-state index in [9.17, 15) is 4.79 Å². The van der Waals surface area contributed by atoms with Gasteiger partial charge in [0, 0.05) is 19.5 Å². The van der Waals surface area contributed by atoms with Gasteiger partial charge in [0.05, 0.1) is 7.11 Å². The topological polar surface area (TPSA) is 73.6 Å². The van der Waals surface area contributed by atoms with Gasteiger partial charge in [0.2, 0.25) is 5.91 Å². The molecule has 37 heavy (non-hydrogen) atoms. The van der Waals surface area contributed by atoms with Crippen LogP contribution in [0.5, 0.6) is 11.5 Å². The number of unbranched alkanes of at least 4 members (excludes halogenated alkanes) is 15. The number of carbonyl (C=O) groups excluding carboxylic acids is 1. The summed E-state index contributed by atoms with van der Waals surface area (Å²) < 4.78 is 10.9. The number of methoxy groups -OCH3 is 1. The summed E-state index contributed by atoms with van der Waals surface area (Å²) in [5, 5.41) is 3.01. The number of hydrogen-bond acceptors (Lipinski definition) is 4. The Balaban J connectivity index is 1.92. The molecular formula is C32H56N2O3. The average molecular weight is 517 g/mol. The number of allylic oxidation sites excluding steroid dienone is 2. The van der Waals surface area contributed by atoms with Crippen LogP contribution >= 0.6 is 0 Å². The van der Waals surface area contributed by atoms with Crippen LogP contribution < -0.4 is 20.5 Å². The van der Waals surface area contributed by atoms with Crippen LogP contribution in [0.15, 0.2) is 30.4 Å². The molecule has 1 aromatic rings. The van der Waals surface area contributed by atoms with Crippen LogP contribution in [0.1, 0.15) is 128 Å². The molecule has 5 heteroatoms. The summed E-state index contributed by atoms with van der Waals surface area (Å²) in [7, 11) is 1.62. The van der Waals surface area contributed by atoms with Crippen LogP contribution in [0.2, 0.25) is 0 Å². The Hall–Kier alpha value is -2.01. The largest absolute Gasteiger partial charge is 0.493 e. The molecule has 0 heterocycles. The molecule has 212 valence electrons. The molecular weight excluding hydrogens is 460 g/mol. The predicted molar refractivity (Wildman–Crippen MR) is 157 cm³/mol. The maximum atomic E-state index is 12.2. The highest BCUT2D eigenvalue weighted by atomic mass is 16.5. The van der Waals surface area contributed by atoms with Crippen LogP contribution in [0.3, 0.4) is 0 Å². The van der Waals surface area contributed by atoms with Gasteiger partial charge in [0.25, 0.3) is 0 Å².